The molecule has 7 heteroatoms. The Morgan fingerprint density at radius 2 is 1.46 bits per heavy atom. The van der Waals surface area contributed by atoms with Crippen LogP contribution in [0.5, 0.6) is 5.75 Å². The van der Waals surface area contributed by atoms with Crippen LogP contribution in [0, 0.1) is 11.3 Å². The number of benzene rings is 2. The number of phenolic OH excluding ortho intramolecular Hbond substituents is 1. The van der Waals surface area contributed by atoms with Gasteiger partial charge in [0, 0.05) is 49.1 Å². The summed E-state index contributed by atoms with van der Waals surface area (Å²) in [6.45, 7) is 24.2. The van der Waals surface area contributed by atoms with Crippen molar-refractivity contribution < 1.29 is 14.7 Å². The average molecular weight is 567 g/mol. The van der Waals surface area contributed by atoms with E-state index < -0.39 is 0 Å². The Labute approximate surface area is 248 Å². The van der Waals surface area contributed by atoms with Gasteiger partial charge in [-0.2, -0.15) is 0 Å². The van der Waals surface area contributed by atoms with Gasteiger partial charge in [-0.15, -0.1) is 0 Å². The summed E-state index contributed by atoms with van der Waals surface area (Å²) in [5, 5.41) is 17.6. The van der Waals surface area contributed by atoms with Gasteiger partial charge < -0.3 is 21.1 Å². The van der Waals surface area contributed by atoms with Crippen LogP contribution in [0.1, 0.15) is 102 Å². The van der Waals surface area contributed by atoms with Gasteiger partial charge in [0.05, 0.1) is 6.54 Å². The van der Waals surface area contributed by atoms with E-state index in [1.807, 2.05) is 40.1 Å². The maximum absolute atomic E-state index is 12.3. The number of piperazine rings is 1. The second-order valence-corrected chi connectivity index (χ2v) is 13.4. The average Bonchev–Trinajstić information content (AvgIpc) is 2.87. The second kappa shape index (κ2) is 15.7. The van der Waals surface area contributed by atoms with Crippen molar-refractivity contribution in [1.29, 1.82) is 5.41 Å². The highest BCUT2D eigenvalue weighted by Crippen LogP contribution is 2.36. The van der Waals surface area contributed by atoms with Crippen LogP contribution < -0.4 is 5.73 Å². The maximum Gasteiger partial charge on any atom is 0.253 e. The Bertz CT molecular complexity index is 1130. The van der Waals surface area contributed by atoms with Gasteiger partial charge in [-0.3, -0.25) is 14.5 Å². The minimum atomic E-state index is -0.320. The van der Waals surface area contributed by atoms with Crippen molar-refractivity contribution in [3.8, 4) is 5.75 Å². The summed E-state index contributed by atoms with van der Waals surface area (Å²) in [6.07, 6.45) is 2.19. The molecule has 0 aromatic heterocycles. The van der Waals surface area contributed by atoms with Crippen LogP contribution in [0.2, 0.25) is 0 Å². The zero-order valence-electron chi connectivity index (χ0n) is 27.1. The van der Waals surface area contributed by atoms with Crippen LogP contribution in [0.4, 0.5) is 0 Å². The molecule has 0 atom stereocenters. The fraction of sp³-hybridized carbons (Fsp3) is 0.559. The van der Waals surface area contributed by atoms with E-state index in [2.05, 4.69) is 75.3 Å². The van der Waals surface area contributed by atoms with Crippen LogP contribution in [0.15, 0.2) is 36.4 Å². The summed E-state index contributed by atoms with van der Waals surface area (Å²) < 4.78 is 0. The zero-order valence-corrected chi connectivity index (χ0v) is 27.1. The minimum Gasteiger partial charge on any atom is -0.507 e. The third-order valence-corrected chi connectivity index (χ3v) is 6.62. The molecule has 1 aliphatic rings. The van der Waals surface area contributed by atoms with Crippen molar-refractivity contribution in [3.05, 3.63) is 64.2 Å². The summed E-state index contributed by atoms with van der Waals surface area (Å²) in [7, 11) is 0. The molecular formula is C34H54N4O3. The molecule has 7 nitrogen and oxygen atoms in total. The molecule has 1 fully saturated rings. The Hall–Kier alpha value is -3.19. The third kappa shape index (κ3) is 12.1. The van der Waals surface area contributed by atoms with Crippen LogP contribution in [-0.4, -0.2) is 65.7 Å². The maximum atomic E-state index is 12.3. The quantitative estimate of drug-likeness (QED) is 0.378. The van der Waals surface area contributed by atoms with Crippen LogP contribution in [0.25, 0.3) is 0 Å². The summed E-state index contributed by atoms with van der Waals surface area (Å²) in [5.41, 5.74) is 9.69. The van der Waals surface area contributed by atoms with Crippen molar-refractivity contribution >= 4 is 18.0 Å². The van der Waals surface area contributed by atoms with Gasteiger partial charge in [-0.1, -0.05) is 87.4 Å². The number of nitrogens with zero attached hydrogens (tertiary/aromatic N) is 2. The Kier molecular flexibility index (Phi) is 13.7. The number of aromatic hydroxyl groups is 1. The number of aryl methyl sites for hydroxylation is 1. The summed E-state index contributed by atoms with van der Waals surface area (Å²) in [4.78, 5) is 27.0. The van der Waals surface area contributed by atoms with Gasteiger partial charge in [0.25, 0.3) is 5.91 Å². The summed E-state index contributed by atoms with van der Waals surface area (Å²) in [6, 6.07) is 11.7. The fourth-order valence-electron chi connectivity index (χ4n) is 4.17. The monoisotopic (exact) mass is 566 g/mol. The van der Waals surface area contributed by atoms with E-state index >= 15 is 0 Å². The predicted octanol–water partition coefficient (Wildman–Crippen LogP) is 6.14. The molecule has 0 radical (unpaired) electrons. The molecule has 2 amide bonds. The lowest BCUT2D eigenvalue weighted by molar-refractivity contribution is -0.119. The molecule has 2 aromatic carbocycles. The van der Waals surface area contributed by atoms with Crippen LogP contribution in [-0.2, 0) is 22.0 Å². The standard InChI is InChI=1S/C15H21N3O2.C15H23NO.C4H10/c1-2-12-3-5-13(6-4-12)15(20)18-9-7-17(8-10-18)11-14(16)19;1-14(2,3)11-7-10(9-16)13(17)12(8-11)15(4,5)6;1-4(2)3/h3-6H,2,7-11H2,1H3,(H2,16,19);7-9,16-17H,1-6H3;4H,1-3H3. The first-order chi connectivity index (χ1) is 18.9. The van der Waals surface area contributed by atoms with Crippen molar-refractivity contribution in [2.45, 2.75) is 86.5 Å². The van der Waals surface area contributed by atoms with Gasteiger partial charge in [0.15, 0.2) is 0 Å². The number of nitrogens with two attached hydrogens (primary N) is 1. The number of hydrogen-bond acceptors (Lipinski definition) is 5. The first-order valence-electron chi connectivity index (χ1n) is 14.7. The van der Waals surface area contributed by atoms with Crippen LogP contribution >= 0.6 is 0 Å². The van der Waals surface area contributed by atoms with Gasteiger partial charge in [-0.25, -0.2) is 0 Å². The van der Waals surface area contributed by atoms with E-state index in [0.717, 1.165) is 29.0 Å². The third-order valence-electron chi connectivity index (χ3n) is 6.62. The van der Waals surface area contributed by atoms with E-state index in [9.17, 15) is 14.7 Å². The van der Waals surface area contributed by atoms with E-state index in [4.69, 9.17) is 11.1 Å². The first kappa shape index (κ1) is 35.8. The lowest BCUT2D eigenvalue weighted by Gasteiger charge is -2.34. The van der Waals surface area contributed by atoms with E-state index in [1.165, 1.54) is 11.8 Å². The normalized spacial score (nSPS) is 14.0. The number of rotatable bonds is 5. The molecule has 1 heterocycles. The van der Waals surface area contributed by atoms with Crippen LogP contribution in [0.3, 0.4) is 0 Å². The number of amides is 2. The van der Waals surface area contributed by atoms with Gasteiger partial charge >= 0.3 is 0 Å². The van der Waals surface area contributed by atoms with Crippen molar-refractivity contribution in [1.82, 2.24) is 9.80 Å². The first-order valence-corrected chi connectivity index (χ1v) is 14.7. The molecule has 228 valence electrons. The molecule has 0 unspecified atom stereocenters. The lowest BCUT2D eigenvalue weighted by atomic mass is 9.79. The molecule has 41 heavy (non-hydrogen) atoms. The lowest BCUT2D eigenvalue weighted by Crippen LogP contribution is -2.50. The Balaban J connectivity index is 0.000000367. The molecule has 1 saturated heterocycles. The number of primary amides is 1. The number of nitrogens with one attached hydrogen (secondary N) is 1. The topological polar surface area (TPSA) is 111 Å². The Morgan fingerprint density at radius 3 is 1.85 bits per heavy atom. The minimum absolute atomic E-state index is 0.0193. The number of carbonyl (C=O) groups excluding carboxylic acids is 2. The summed E-state index contributed by atoms with van der Waals surface area (Å²) >= 11 is 0. The molecule has 4 N–H and O–H groups in total. The molecule has 3 rings (SSSR count). The SMILES string of the molecule is CC(C)(C)c1cc(C=N)c(O)c(C(C)(C)C)c1.CC(C)C.CCc1ccc(C(=O)N2CCN(CC(N)=O)CC2)cc1. The fourth-order valence-corrected chi connectivity index (χ4v) is 4.17. The molecule has 0 spiro atoms. The highest BCUT2D eigenvalue weighted by atomic mass is 16.3. The summed E-state index contributed by atoms with van der Waals surface area (Å²) in [5.74, 6) is 0.812. The van der Waals surface area contributed by atoms with E-state index in [0.29, 0.717) is 31.7 Å². The largest absolute Gasteiger partial charge is 0.507 e. The van der Waals surface area contributed by atoms with E-state index in [1.54, 1.807) is 0 Å². The Morgan fingerprint density at radius 1 is 0.951 bits per heavy atom. The number of hydrogen-bond donors (Lipinski definition) is 3. The molecule has 1 aliphatic heterocycles. The molecular weight excluding hydrogens is 512 g/mol. The van der Waals surface area contributed by atoms with Gasteiger partial charge in [-0.05, 0) is 52.5 Å². The smallest absolute Gasteiger partial charge is 0.253 e. The van der Waals surface area contributed by atoms with Crippen molar-refractivity contribution in [3.63, 3.8) is 0 Å². The van der Waals surface area contributed by atoms with Crippen molar-refractivity contribution in [2.24, 2.45) is 11.7 Å². The number of phenols is 1. The number of carbonyl (C=O) groups is 2. The van der Waals surface area contributed by atoms with Crippen molar-refractivity contribution in [2.75, 3.05) is 32.7 Å². The second-order valence-electron chi connectivity index (χ2n) is 13.4. The molecule has 2 aromatic rings. The highest BCUT2D eigenvalue weighted by Gasteiger charge is 2.25. The zero-order chi connectivity index (χ0) is 31.5. The van der Waals surface area contributed by atoms with E-state index in [-0.39, 0.29) is 34.9 Å². The molecule has 0 aliphatic carbocycles. The molecule has 0 saturated carbocycles. The highest BCUT2D eigenvalue weighted by molar-refractivity contribution is 5.94. The molecule has 0 bridgehead atoms. The van der Waals surface area contributed by atoms with Gasteiger partial charge in [0.1, 0.15) is 5.75 Å². The predicted molar refractivity (Wildman–Crippen MR) is 171 cm³/mol. The van der Waals surface area contributed by atoms with Gasteiger partial charge in [0.2, 0.25) is 5.91 Å².